The van der Waals surface area contributed by atoms with Gasteiger partial charge in [0.1, 0.15) is 11.7 Å². The molecular weight excluding hydrogens is 548 g/mol. The lowest BCUT2D eigenvalue weighted by Gasteiger charge is -2.35. The van der Waals surface area contributed by atoms with Gasteiger partial charge in [-0.3, -0.25) is 14.4 Å². The molecule has 0 fully saturated rings. The van der Waals surface area contributed by atoms with Crippen molar-refractivity contribution in [2.24, 2.45) is 5.73 Å². The van der Waals surface area contributed by atoms with Gasteiger partial charge in [0.15, 0.2) is 5.78 Å². The lowest BCUT2D eigenvalue weighted by atomic mass is 9.71. The molecule has 0 aromatic heterocycles. The van der Waals surface area contributed by atoms with Crippen LogP contribution in [0.3, 0.4) is 0 Å². The van der Waals surface area contributed by atoms with Crippen molar-refractivity contribution >= 4 is 34.9 Å². The third kappa shape index (κ3) is 7.04. The standard InChI is InChI=1S/C35H43ClN2O4/c1-8-33(4,5)26-22-27(34(6,7)9-2)28(42-35(36,10-3)32(37)41)21-25(26)29(30(39)23-17-13-11-14-18-23)31(40)38-24-19-15-12-16-20-24/h11-22,29H,8-10H2,1-7H3,(H2,37,41)(H,38,40). The van der Waals surface area contributed by atoms with Crippen LogP contribution >= 0.6 is 11.6 Å². The third-order valence-corrected chi connectivity index (χ3v) is 8.94. The Morgan fingerprint density at radius 1 is 0.810 bits per heavy atom. The Morgan fingerprint density at radius 2 is 1.33 bits per heavy atom. The summed E-state index contributed by atoms with van der Waals surface area (Å²) in [7, 11) is 0. The molecule has 3 rings (SSSR count). The van der Waals surface area contributed by atoms with E-state index in [2.05, 4.69) is 46.9 Å². The number of benzene rings is 3. The van der Waals surface area contributed by atoms with Crippen LogP contribution in [0.25, 0.3) is 0 Å². The second-order valence-corrected chi connectivity index (χ2v) is 12.6. The summed E-state index contributed by atoms with van der Waals surface area (Å²) in [4.78, 5) is 40.8. The van der Waals surface area contributed by atoms with Crippen molar-refractivity contribution in [1.29, 1.82) is 0 Å². The largest absolute Gasteiger partial charge is 0.462 e. The molecule has 42 heavy (non-hydrogen) atoms. The van der Waals surface area contributed by atoms with E-state index in [-0.39, 0.29) is 17.6 Å². The quantitative estimate of drug-likeness (QED) is 0.120. The number of amides is 2. The van der Waals surface area contributed by atoms with E-state index in [4.69, 9.17) is 22.1 Å². The third-order valence-electron chi connectivity index (χ3n) is 8.41. The maximum absolute atomic E-state index is 14.2. The van der Waals surface area contributed by atoms with E-state index in [9.17, 15) is 14.4 Å². The molecule has 2 amide bonds. The molecule has 0 heterocycles. The van der Waals surface area contributed by atoms with Crippen LogP contribution in [0.1, 0.15) is 101 Å². The zero-order valence-corrected chi connectivity index (χ0v) is 26.5. The van der Waals surface area contributed by atoms with Gasteiger partial charge in [0.25, 0.3) is 11.0 Å². The van der Waals surface area contributed by atoms with Gasteiger partial charge < -0.3 is 15.8 Å². The molecule has 0 saturated carbocycles. The molecular formula is C35H43ClN2O4. The number of carbonyl (C=O) groups excluding carboxylic acids is 3. The van der Waals surface area contributed by atoms with E-state index in [1.54, 1.807) is 49.4 Å². The smallest absolute Gasteiger partial charge is 0.277 e. The maximum Gasteiger partial charge on any atom is 0.277 e. The Labute approximate surface area is 255 Å². The fourth-order valence-corrected chi connectivity index (χ4v) is 4.88. The number of ketones is 1. The molecule has 3 N–H and O–H groups in total. The summed E-state index contributed by atoms with van der Waals surface area (Å²) in [6.07, 6.45) is 1.62. The van der Waals surface area contributed by atoms with Crippen LogP contribution in [0.5, 0.6) is 5.75 Å². The van der Waals surface area contributed by atoms with Gasteiger partial charge in [-0.1, -0.05) is 115 Å². The van der Waals surface area contributed by atoms with Gasteiger partial charge in [-0.15, -0.1) is 0 Å². The Balaban J connectivity index is 2.40. The summed E-state index contributed by atoms with van der Waals surface area (Å²) in [6.45, 7) is 14.2. The van der Waals surface area contributed by atoms with Gasteiger partial charge in [0.2, 0.25) is 5.91 Å². The fourth-order valence-electron chi connectivity index (χ4n) is 4.79. The predicted octanol–water partition coefficient (Wildman–Crippen LogP) is 7.88. The lowest BCUT2D eigenvalue weighted by Crippen LogP contribution is -2.44. The van der Waals surface area contributed by atoms with Crippen LogP contribution in [0, 0.1) is 0 Å². The first kappa shape index (κ1) is 32.9. The van der Waals surface area contributed by atoms with Crippen molar-refractivity contribution < 1.29 is 19.1 Å². The van der Waals surface area contributed by atoms with Gasteiger partial charge in [-0.2, -0.15) is 0 Å². The Morgan fingerprint density at radius 3 is 1.83 bits per heavy atom. The van der Waals surface area contributed by atoms with Crippen molar-refractivity contribution in [3.05, 3.63) is 95.1 Å². The molecule has 0 bridgehead atoms. The molecule has 0 aliphatic carbocycles. The highest BCUT2D eigenvalue weighted by atomic mass is 35.5. The van der Waals surface area contributed by atoms with Crippen molar-refractivity contribution in [3.63, 3.8) is 0 Å². The number of alkyl halides is 1. The molecule has 0 aliphatic heterocycles. The van der Waals surface area contributed by atoms with E-state index in [1.807, 2.05) is 30.3 Å². The summed E-state index contributed by atoms with van der Waals surface area (Å²) in [5.41, 5.74) is 8.02. The SMILES string of the molecule is CCC(Cl)(Oc1cc(C(C(=O)Nc2ccccc2)C(=O)c2ccccc2)c(C(C)(C)CC)cc1C(C)(C)CC)C(N)=O. The van der Waals surface area contributed by atoms with Crippen LogP contribution < -0.4 is 15.8 Å². The zero-order chi connectivity index (χ0) is 31.3. The number of halogens is 1. The second-order valence-electron chi connectivity index (χ2n) is 12.0. The summed E-state index contributed by atoms with van der Waals surface area (Å²) < 4.78 is 6.26. The number of hydrogen-bond donors (Lipinski definition) is 2. The minimum atomic E-state index is -1.80. The first-order valence-corrected chi connectivity index (χ1v) is 14.9. The number of nitrogens with one attached hydrogen (secondary N) is 1. The Bertz CT molecular complexity index is 1420. The molecule has 224 valence electrons. The summed E-state index contributed by atoms with van der Waals surface area (Å²) in [5, 5.41) is 1.14. The molecule has 0 saturated heterocycles. The summed E-state index contributed by atoms with van der Waals surface area (Å²) in [5.74, 6) is -2.53. The molecule has 0 aliphatic rings. The topological polar surface area (TPSA) is 98.5 Å². The number of carbonyl (C=O) groups is 3. The minimum Gasteiger partial charge on any atom is -0.462 e. The number of Topliss-reactive ketones (excluding diaryl/α,β-unsaturated/α-hetero) is 1. The molecule has 7 heteroatoms. The van der Waals surface area contributed by atoms with Crippen LogP contribution in [-0.2, 0) is 20.4 Å². The van der Waals surface area contributed by atoms with Gasteiger partial charge in [-0.25, -0.2) is 0 Å². The first-order valence-electron chi connectivity index (χ1n) is 14.5. The molecule has 2 unspecified atom stereocenters. The number of primary amides is 1. The maximum atomic E-state index is 14.2. The van der Waals surface area contributed by atoms with Gasteiger partial charge in [-0.05, 0) is 53.0 Å². The average molecular weight is 591 g/mol. The van der Waals surface area contributed by atoms with Crippen molar-refractivity contribution in [3.8, 4) is 5.75 Å². The van der Waals surface area contributed by atoms with Crippen molar-refractivity contribution in [2.45, 2.75) is 89.5 Å². The monoisotopic (exact) mass is 590 g/mol. The van der Waals surface area contributed by atoms with E-state index >= 15 is 0 Å². The van der Waals surface area contributed by atoms with Crippen LogP contribution in [0.4, 0.5) is 5.69 Å². The Kier molecular flexibility index (Phi) is 10.3. The predicted molar refractivity (Wildman–Crippen MR) is 170 cm³/mol. The highest BCUT2D eigenvalue weighted by Gasteiger charge is 2.40. The van der Waals surface area contributed by atoms with E-state index in [0.29, 0.717) is 22.6 Å². The highest BCUT2D eigenvalue weighted by Crippen LogP contribution is 2.45. The average Bonchev–Trinajstić information content (AvgIpc) is 2.97. The molecule has 3 aromatic carbocycles. The summed E-state index contributed by atoms with van der Waals surface area (Å²) in [6, 6.07) is 21.6. The van der Waals surface area contributed by atoms with E-state index in [0.717, 1.165) is 24.0 Å². The van der Waals surface area contributed by atoms with Crippen molar-refractivity contribution in [1.82, 2.24) is 0 Å². The number of nitrogens with two attached hydrogens (primary N) is 1. The van der Waals surface area contributed by atoms with E-state index < -0.39 is 28.2 Å². The van der Waals surface area contributed by atoms with E-state index in [1.165, 1.54) is 0 Å². The molecule has 2 atom stereocenters. The fraction of sp³-hybridized carbons (Fsp3) is 0.400. The molecule has 6 nitrogen and oxygen atoms in total. The highest BCUT2D eigenvalue weighted by molar-refractivity contribution is 6.33. The normalized spacial score (nSPS) is 14.0. The van der Waals surface area contributed by atoms with Gasteiger partial charge in [0, 0.05) is 23.2 Å². The number of para-hydroxylation sites is 1. The minimum absolute atomic E-state index is 0.119. The summed E-state index contributed by atoms with van der Waals surface area (Å²) >= 11 is 6.63. The first-order chi connectivity index (χ1) is 19.7. The number of anilines is 1. The second kappa shape index (κ2) is 13.1. The lowest BCUT2D eigenvalue weighted by molar-refractivity contribution is -0.127. The Hall–Kier alpha value is -3.64. The molecule has 0 spiro atoms. The molecule has 3 aromatic rings. The molecule has 0 radical (unpaired) electrons. The van der Waals surface area contributed by atoms with Gasteiger partial charge in [0.05, 0.1) is 0 Å². The zero-order valence-electron chi connectivity index (χ0n) is 25.7. The number of ether oxygens (including phenoxy) is 1. The van der Waals surface area contributed by atoms with Crippen LogP contribution in [-0.4, -0.2) is 22.7 Å². The number of rotatable bonds is 13. The van der Waals surface area contributed by atoms with Gasteiger partial charge >= 0.3 is 0 Å². The van der Waals surface area contributed by atoms with Crippen LogP contribution in [0.2, 0.25) is 0 Å². The van der Waals surface area contributed by atoms with Crippen molar-refractivity contribution in [2.75, 3.05) is 5.32 Å². The number of hydrogen-bond acceptors (Lipinski definition) is 4. The van der Waals surface area contributed by atoms with Crippen LogP contribution in [0.15, 0.2) is 72.8 Å².